The van der Waals surface area contributed by atoms with E-state index in [4.69, 9.17) is 5.73 Å². The Kier molecular flexibility index (Phi) is 3.35. The summed E-state index contributed by atoms with van der Waals surface area (Å²) in [4.78, 5) is 19.3. The summed E-state index contributed by atoms with van der Waals surface area (Å²) in [6, 6.07) is 24.5. The normalized spacial score (nSPS) is 14.9. The lowest BCUT2D eigenvalue weighted by Gasteiger charge is -2.16. The van der Waals surface area contributed by atoms with Gasteiger partial charge in [-0.15, -0.1) is 0 Å². The van der Waals surface area contributed by atoms with Crippen molar-refractivity contribution in [2.24, 2.45) is 4.99 Å². The van der Waals surface area contributed by atoms with Crippen molar-refractivity contribution in [2.75, 3.05) is 10.6 Å². The second kappa shape index (κ2) is 5.66. The third kappa shape index (κ3) is 2.34. The molecule has 0 aromatic heterocycles. The number of nitrogens with two attached hydrogens (primary N) is 1. The molecule has 1 heterocycles. The first kappa shape index (κ1) is 14.2. The van der Waals surface area contributed by atoms with E-state index in [2.05, 4.69) is 4.99 Å². The summed E-state index contributed by atoms with van der Waals surface area (Å²) in [6.45, 7) is 0. The number of para-hydroxylation sites is 2. The Morgan fingerprint density at radius 2 is 1.58 bits per heavy atom. The Morgan fingerprint density at radius 3 is 2.38 bits per heavy atom. The van der Waals surface area contributed by atoms with Gasteiger partial charge >= 0.3 is 0 Å². The molecule has 0 radical (unpaired) electrons. The van der Waals surface area contributed by atoms with E-state index in [1.165, 1.54) is 0 Å². The molecule has 0 saturated heterocycles. The average molecular weight is 313 g/mol. The number of carbonyl (C=O) groups excluding carboxylic acids is 1. The van der Waals surface area contributed by atoms with Crippen molar-refractivity contribution in [3.8, 4) is 0 Å². The van der Waals surface area contributed by atoms with Crippen LogP contribution in [0.3, 0.4) is 0 Å². The highest BCUT2D eigenvalue weighted by molar-refractivity contribution is 6.56. The zero-order valence-electron chi connectivity index (χ0n) is 12.9. The van der Waals surface area contributed by atoms with Crippen LogP contribution in [0, 0.1) is 0 Å². The SMILES string of the molecule is Nc1cccc(N=C2C(=O)N(c3ccccc3)c3ccccc32)c1. The Bertz CT molecular complexity index is 948. The zero-order valence-corrected chi connectivity index (χ0v) is 12.9. The molecule has 0 saturated carbocycles. The largest absolute Gasteiger partial charge is 0.399 e. The van der Waals surface area contributed by atoms with Crippen LogP contribution >= 0.6 is 0 Å². The van der Waals surface area contributed by atoms with Crippen LogP contribution < -0.4 is 10.6 Å². The lowest BCUT2D eigenvalue weighted by Crippen LogP contribution is -2.25. The number of nitrogen functional groups attached to an aromatic ring is 1. The van der Waals surface area contributed by atoms with Gasteiger partial charge in [0.1, 0.15) is 5.71 Å². The maximum absolute atomic E-state index is 13.0. The molecule has 3 aromatic rings. The van der Waals surface area contributed by atoms with Crippen molar-refractivity contribution >= 4 is 34.4 Å². The lowest BCUT2D eigenvalue weighted by molar-refractivity contribution is -0.111. The van der Waals surface area contributed by atoms with Crippen molar-refractivity contribution in [1.82, 2.24) is 0 Å². The standard InChI is InChI=1S/C20H15N3O/c21-14-7-6-8-15(13-14)22-19-17-11-4-5-12-18(17)23(20(19)24)16-9-2-1-3-10-16/h1-13H,21H2. The van der Waals surface area contributed by atoms with E-state index in [1.807, 2.05) is 66.7 Å². The predicted octanol–water partition coefficient (Wildman–Crippen LogP) is 4.07. The molecule has 116 valence electrons. The van der Waals surface area contributed by atoms with Gasteiger partial charge < -0.3 is 5.73 Å². The van der Waals surface area contributed by atoms with Gasteiger partial charge in [0.2, 0.25) is 0 Å². The van der Waals surface area contributed by atoms with Gasteiger partial charge in [-0.05, 0) is 36.4 Å². The fourth-order valence-electron chi connectivity index (χ4n) is 2.86. The number of carbonyl (C=O) groups is 1. The summed E-state index contributed by atoms with van der Waals surface area (Å²) in [6.07, 6.45) is 0. The van der Waals surface area contributed by atoms with Crippen molar-refractivity contribution in [3.63, 3.8) is 0 Å². The van der Waals surface area contributed by atoms with Crippen molar-refractivity contribution in [3.05, 3.63) is 84.4 Å². The molecule has 1 aliphatic heterocycles. The second-order valence-corrected chi connectivity index (χ2v) is 5.55. The van der Waals surface area contributed by atoms with Gasteiger partial charge in [0.05, 0.1) is 11.4 Å². The fraction of sp³-hybridized carbons (Fsp3) is 0. The monoisotopic (exact) mass is 313 g/mol. The van der Waals surface area contributed by atoms with Crippen LogP contribution in [0.1, 0.15) is 5.56 Å². The maximum Gasteiger partial charge on any atom is 0.282 e. The minimum Gasteiger partial charge on any atom is -0.399 e. The van der Waals surface area contributed by atoms with Gasteiger partial charge in [0.25, 0.3) is 5.91 Å². The van der Waals surface area contributed by atoms with Crippen molar-refractivity contribution < 1.29 is 4.79 Å². The quantitative estimate of drug-likeness (QED) is 0.725. The topological polar surface area (TPSA) is 58.7 Å². The molecule has 0 aliphatic carbocycles. The first-order valence-corrected chi connectivity index (χ1v) is 7.67. The number of nitrogens with zero attached hydrogens (tertiary/aromatic N) is 2. The highest BCUT2D eigenvalue weighted by atomic mass is 16.2. The van der Waals surface area contributed by atoms with Gasteiger partial charge in [-0.3, -0.25) is 9.69 Å². The first-order chi connectivity index (χ1) is 11.7. The highest BCUT2D eigenvalue weighted by Gasteiger charge is 2.34. The number of benzene rings is 3. The van der Waals surface area contributed by atoms with Gasteiger partial charge in [-0.2, -0.15) is 0 Å². The van der Waals surface area contributed by atoms with Crippen LogP contribution in [0.5, 0.6) is 0 Å². The lowest BCUT2D eigenvalue weighted by atomic mass is 10.1. The highest BCUT2D eigenvalue weighted by Crippen LogP contribution is 2.36. The van der Waals surface area contributed by atoms with E-state index in [0.29, 0.717) is 17.1 Å². The summed E-state index contributed by atoms with van der Waals surface area (Å²) >= 11 is 0. The van der Waals surface area contributed by atoms with Crippen LogP contribution in [0.25, 0.3) is 0 Å². The first-order valence-electron chi connectivity index (χ1n) is 7.67. The molecule has 4 rings (SSSR count). The van der Waals surface area contributed by atoms with Gasteiger partial charge in [0.15, 0.2) is 0 Å². The Morgan fingerprint density at radius 1 is 0.833 bits per heavy atom. The molecule has 0 unspecified atom stereocenters. The summed E-state index contributed by atoms with van der Waals surface area (Å²) in [5.41, 5.74) is 10.0. The number of hydrogen-bond acceptors (Lipinski definition) is 3. The molecular formula is C20H15N3O. The summed E-state index contributed by atoms with van der Waals surface area (Å²) in [5.74, 6) is -0.134. The predicted molar refractivity (Wildman–Crippen MR) is 97.1 cm³/mol. The number of fused-ring (bicyclic) bond motifs is 1. The number of anilines is 3. The van der Waals surface area contributed by atoms with Crippen LogP contribution in [0.15, 0.2) is 83.9 Å². The third-order valence-corrected chi connectivity index (χ3v) is 3.93. The summed E-state index contributed by atoms with van der Waals surface area (Å²) in [7, 11) is 0. The Labute approximate surface area is 139 Å². The van der Waals surface area contributed by atoms with Crippen LogP contribution in [-0.2, 0) is 4.79 Å². The second-order valence-electron chi connectivity index (χ2n) is 5.55. The molecule has 1 aliphatic rings. The number of hydrogen-bond donors (Lipinski definition) is 1. The zero-order chi connectivity index (χ0) is 16.5. The fourth-order valence-corrected chi connectivity index (χ4v) is 2.86. The van der Waals surface area contributed by atoms with Gasteiger partial charge in [-0.25, -0.2) is 4.99 Å². The molecule has 0 fully saturated rings. The third-order valence-electron chi connectivity index (χ3n) is 3.93. The van der Waals surface area contributed by atoms with E-state index in [-0.39, 0.29) is 5.91 Å². The van der Waals surface area contributed by atoms with E-state index in [0.717, 1.165) is 16.9 Å². The number of rotatable bonds is 2. The summed E-state index contributed by atoms with van der Waals surface area (Å²) < 4.78 is 0. The molecule has 2 N–H and O–H groups in total. The molecule has 0 spiro atoms. The van der Waals surface area contributed by atoms with E-state index in [9.17, 15) is 4.79 Å². The van der Waals surface area contributed by atoms with Crippen molar-refractivity contribution in [2.45, 2.75) is 0 Å². The Balaban J connectivity index is 1.87. The summed E-state index contributed by atoms with van der Waals surface area (Å²) in [5, 5.41) is 0. The molecule has 3 aromatic carbocycles. The van der Waals surface area contributed by atoms with Crippen molar-refractivity contribution in [1.29, 1.82) is 0 Å². The number of amides is 1. The molecule has 1 amide bonds. The van der Waals surface area contributed by atoms with Crippen LogP contribution in [0.2, 0.25) is 0 Å². The van der Waals surface area contributed by atoms with Crippen LogP contribution in [-0.4, -0.2) is 11.6 Å². The van der Waals surface area contributed by atoms with Crippen LogP contribution in [0.4, 0.5) is 22.7 Å². The molecule has 4 nitrogen and oxygen atoms in total. The smallest absolute Gasteiger partial charge is 0.282 e. The minimum absolute atomic E-state index is 0.134. The molecule has 4 heteroatoms. The van der Waals surface area contributed by atoms with E-state index >= 15 is 0 Å². The molecule has 0 atom stereocenters. The number of aliphatic imine (C=N–C) groups is 1. The van der Waals surface area contributed by atoms with Gasteiger partial charge in [0, 0.05) is 16.9 Å². The molecule has 24 heavy (non-hydrogen) atoms. The molecular weight excluding hydrogens is 298 g/mol. The average Bonchev–Trinajstić information content (AvgIpc) is 2.88. The molecule has 0 bridgehead atoms. The Hall–Kier alpha value is -3.40. The minimum atomic E-state index is -0.134. The van der Waals surface area contributed by atoms with E-state index < -0.39 is 0 Å². The maximum atomic E-state index is 13.0. The van der Waals surface area contributed by atoms with E-state index in [1.54, 1.807) is 17.0 Å². The van der Waals surface area contributed by atoms with Gasteiger partial charge in [-0.1, -0.05) is 42.5 Å².